The van der Waals surface area contributed by atoms with Crippen molar-refractivity contribution in [3.8, 4) is 0 Å². The first-order valence-electron chi connectivity index (χ1n) is 11.3. The van der Waals surface area contributed by atoms with Crippen molar-refractivity contribution in [3.05, 3.63) is 95.8 Å². The molecule has 7 nitrogen and oxygen atoms in total. The van der Waals surface area contributed by atoms with Crippen LogP contribution in [0.5, 0.6) is 0 Å². The van der Waals surface area contributed by atoms with Gasteiger partial charge in [0.25, 0.3) is 5.91 Å². The van der Waals surface area contributed by atoms with Crippen LogP contribution in [0.25, 0.3) is 11.0 Å². The number of carbonyl (C=O) groups excluding carboxylic acids is 1. The van der Waals surface area contributed by atoms with Crippen molar-refractivity contribution < 1.29 is 13.2 Å². The first-order valence-corrected chi connectivity index (χ1v) is 12.9. The number of rotatable bonds is 6. The molecule has 1 fully saturated rings. The molecule has 1 amide bonds. The highest BCUT2D eigenvalue weighted by Gasteiger charge is 2.29. The van der Waals surface area contributed by atoms with Crippen LogP contribution in [0.3, 0.4) is 0 Å². The maximum atomic E-state index is 13.3. The fourth-order valence-corrected chi connectivity index (χ4v) is 6.03. The minimum absolute atomic E-state index is 0.136. The van der Waals surface area contributed by atoms with Crippen molar-refractivity contribution >= 4 is 32.7 Å². The van der Waals surface area contributed by atoms with Crippen molar-refractivity contribution in [2.75, 3.05) is 16.6 Å². The first-order chi connectivity index (χ1) is 16.4. The quantitative estimate of drug-likeness (QED) is 0.460. The van der Waals surface area contributed by atoms with E-state index in [4.69, 9.17) is 4.98 Å². The average Bonchev–Trinajstić information content (AvgIpc) is 3.37. The number of fused-ring (bicyclic) bond motifs is 1. The average molecular weight is 475 g/mol. The van der Waals surface area contributed by atoms with Crippen molar-refractivity contribution in [3.63, 3.8) is 0 Å². The molecule has 0 saturated carbocycles. The minimum Gasteiger partial charge on any atom is -0.345 e. The molecule has 5 rings (SSSR count). The predicted molar refractivity (Wildman–Crippen MR) is 133 cm³/mol. The summed E-state index contributed by atoms with van der Waals surface area (Å²) in [5.74, 6) is 0.746. The van der Waals surface area contributed by atoms with E-state index in [0.717, 1.165) is 22.4 Å². The minimum atomic E-state index is -3.32. The highest BCUT2D eigenvalue weighted by Crippen LogP contribution is 2.26. The number of hydrogen-bond acceptors (Lipinski definition) is 4. The van der Waals surface area contributed by atoms with E-state index in [2.05, 4.69) is 9.88 Å². The van der Waals surface area contributed by atoms with Crippen LogP contribution in [0.4, 0.5) is 5.69 Å². The van der Waals surface area contributed by atoms with E-state index in [1.54, 1.807) is 24.3 Å². The molecule has 1 N–H and O–H groups in total. The molecule has 1 aliphatic heterocycles. The number of hydrogen-bond donors (Lipinski definition) is 1. The number of para-hydroxylation sites is 2. The predicted octanol–water partition coefficient (Wildman–Crippen LogP) is 3.83. The third-order valence-electron chi connectivity index (χ3n) is 6.27. The fourth-order valence-electron chi connectivity index (χ4n) is 4.47. The van der Waals surface area contributed by atoms with Gasteiger partial charge in [0.05, 0.1) is 28.5 Å². The number of anilines is 1. The summed E-state index contributed by atoms with van der Waals surface area (Å²) in [6.07, 6.45) is 1.11. The van der Waals surface area contributed by atoms with Crippen molar-refractivity contribution in [1.82, 2.24) is 14.9 Å². The van der Waals surface area contributed by atoms with Crippen LogP contribution in [-0.2, 0) is 23.5 Å². The van der Waals surface area contributed by atoms with Crippen molar-refractivity contribution in [1.29, 1.82) is 0 Å². The molecule has 0 spiro atoms. The number of benzene rings is 3. The second-order valence-corrected chi connectivity index (χ2v) is 10.5. The van der Waals surface area contributed by atoms with Gasteiger partial charge in [0.1, 0.15) is 5.82 Å². The highest BCUT2D eigenvalue weighted by molar-refractivity contribution is 7.93. The van der Waals surface area contributed by atoms with Crippen molar-refractivity contribution in [2.45, 2.75) is 18.9 Å². The molecule has 0 bridgehead atoms. The zero-order chi connectivity index (χ0) is 23.7. The number of nitrogens with zero attached hydrogens (tertiary/aromatic N) is 3. The summed E-state index contributed by atoms with van der Waals surface area (Å²) in [5, 5.41) is 3.15. The molecular formula is C26H26N4O3S. The maximum Gasteiger partial charge on any atom is 0.251 e. The van der Waals surface area contributed by atoms with E-state index in [1.165, 1.54) is 4.31 Å². The van der Waals surface area contributed by atoms with Gasteiger partial charge in [-0.3, -0.25) is 9.10 Å². The van der Waals surface area contributed by atoms with Gasteiger partial charge in [-0.25, -0.2) is 13.4 Å². The van der Waals surface area contributed by atoms with Crippen LogP contribution in [-0.4, -0.2) is 36.2 Å². The van der Waals surface area contributed by atoms with Gasteiger partial charge < -0.3 is 9.88 Å². The van der Waals surface area contributed by atoms with Crippen LogP contribution in [0, 0.1) is 0 Å². The smallest absolute Gasteiger partial charge is 0.251 e. The van der Waals surface area contributed by atoms with E-state index in [9.17, 15) is 13.2 Å². The summed E-state index contributed by atoms with van der Waals surface area (Å²) < 4.78 is 28.1. The third kappa shape index (κ3) is 4.28. The lowest BCUT2D eigenvalue weighted by molar-refractivity contribution is 0.0936. The lowest BCUT2D eigenvalue weighted by Crippen LogP contribution is -2.31. The SMILES string of the molecule is Cn1c(C[C@@H](NC(=O)c2cccc(N3CCCS3(=O)=O)c2)c2ccccc2)nc2ccccc21. The molecule has 1 aromatic heterocycles. The van der Waals surface area contributed by atoms with Gasteiger partial charge in [-0.1, -0.05) is 48.5 Å². The zero-order valence-corrected chi connectivity index (χ0v) is 19.7. The number of amides is 1. The van der Waals surface area contributed by atoms with Gasteiger partial charge in [-0.05, 0) is 42.3 Å². The number of nitrogens with one attached hydrogen (secondary N) is 1. The molecule has 4 aromatic rings. The molecule has 34 heavy (non-hydrogen) atoms. The molecule has 0 unspecified atom stereocenters. The molecule has 0 aliphatic carbocycles. The van der Waals surface area contributed by atoms with E-state index in [-0.39, 0.29) is 17.7 Å². The number of imidazole rings is 1. The number of aromatic nitrogens is 2. The molecule has 1 saturated heterocycles. The van der Waals surface area contributed by atoms with Crippen LogP contribution < -0.4 is 9.62 Å². The standard InChI is InChI=1S/C26H26N4O3S/c1-29-24-14-6-5-13-22(24)27-25(29)18-23(19-9-3-2-4-10-19)28-26(31)20-11-7-12-21(17-20)30-15-8-16-34(30,32)33/h2-7,9-14,17,23H,8,15-16,18H2,1H3,(H,28,31)/t23-/m1/s1. The Hall–Kier alpha value is -3.65. The maximum absolute atomic E-state index is 13.3. The molecule has 174 valence electrons. The second-order valence-electron chi connectivity index (χ2n) is 8.51. The summed E-state index contributed by atoms with van der Waals surface area (Å²) in [6.45, 7) is 0.437. The first kappa shape index (κ1) is 22.2. The Labute approximate surface area is 199 Å². The van der Waals surface area contributed by atoms with Gasteiger partial charge in [0.2, 0.25) is 10.0 Å². The Morgan fingerprint density at radius 3 is 2.53 bits per heavy atom. The number of sulfonamides is 1. The fraction of sp³-hybridized carbons (Fsp3) is 0.231. The molecule has 3 aromatic carbocycles. The summed E-state index contributed by atoms with van der Waals surface area (Å²) >= 11 is 0. The van der Waals surface area contributed by atoms with Crippen LogP contribution in [0.1, 0.15) is 34.2 Å². The Balaban J connectivity index is 1.43. The topological polar surface area (TPSA) is 84.3 Å². The summed E-state index contributed by atoms with van der Waals surface area (Å²) in [7, 11) is -1.34. The molecule has 0 radical (unpaired) electrons. The molecular weight excluding hydrogens is 448 g/mol. The molecule has 8 heteroatoms. The molecule has 1 atom stereocenters. The van der Waals surface area contributed by atoms with E-state index >= 15 is 0 Å². The lowest BCUT2D eigenvalue weighted by Gasteiger charge is -2.21. The summed E-state index contributed by atoms with van der Waals surface area (Å²) in [6, 6.07) is 24.3. The highest BCUT2D eigenvalue weighted by atomic mass is 32.2. The Bertz CT molecular complexity index is 1450. The number of carbonyl (C=O) groups is 1. The Kier molecular flexibility index (Phi) is 5.83. The van der Waals surface area contributed by atoms with Gasteiger partial charge in [0.15, 0.2) is 0 Å². The monoisotopic (exact) mass is 474 g/mol. The Morgan fingerprint density at radius 2 is 1.79 bits per heavy atom. The van der Waals surface area contributed by atoms with E-state index in [1.807, 2.05) is 61.6 Å². The van der Waals surface area contributed by atoms with Gasteiger partial charge in [0, 0.05) is 25.6 Å². The van der Waals surface area contributed by atoms with Crippen molar-refractivity contribution in [2.24, 2.45) is 7.05 Å². The van der Waals surface area contributed by atoms with Crippen LogP contribution in [0.2, 0.25) is 0 Å². The van der Waals surface area contributed by atoms with E-state index in [0.29, 0.717) is 30.6 Å². The summed E-state index contributed by atoms with van der Waals surface area (Å²) in [4.78, 5) is 18.1. The Morgan fingerprint density at radius 1 is 1.03 bits per heavy atom. The normalized spacial score (nSPS) is 16.0. The van der Waals surface area contributed by atoms with Crippen LogP contribution >= 0.6 is 0 Å². The second kappa shape index (κ2) is 8.95. The molecule has 1 aliphatic rings. The van der Waals surface area contributed by atoms with E-state index < -0.39 is 10.0 Å². The van der Waals surface area contributed by atoms with Gasteiger partial charge >= 0.3 is 0 Å². The van der Waals surface area contributed by atoms with Gasteiger partial charge in [-0.15, -0.1) is 0 Å². The molecule has 2 heterocycles. The van der Waals surface area contributed by atoms with Gasteiger partial charge in [-0.2, -0.15) is 0 Å². The summed E-state index contributed by atoms with van der Waals surface area (Å²) in [5.41, 5.74) is 3.87. The zero-order valence-electron chi connectivity index (χ0n) is 18.9. The number of aryl methyl sites for hydroxylation is 1. The van der Waals surface area contributed by atoms with Crippen LogP contribution in [0.15, 0.2) is 78.9 Å². The third-order valence-corrected chi connectivity index (χ3v) is 8.14. The largest absolute Gasteiger partial charge is 0.345 e. The lowest BCUT2D eigenvalue weighted by atomic mass is 10.0.